The van der Waals surface area contributed by atoms with Crippen molar-refractivity contribution >= 4 is 23.6 Å². The first-order valence-electron chi connectivity index (χ1n) is 5.70. The van der Waals surface area contributed by atoms with Crippen LogP contribution < -0.4 is 5.32 Å². The van der Waals surface area contributed by atoms with Gasteiger partial charge >= 0.3 is 5.97 Å². The van der Waals surface area contributed by atoms with Gasteiger partial charge in [0.25, 0.3) is 5.91 Å². The van der Waals surface area contributed by atoms with Crippen molar-refractivity contribution in [3.8, 4) is 0 Å². The highest BCUT2D eigenvalue weighted by Crippen LogP contribution is 2.03. The van der Waals surface area contributed by atoms with E-state index >= 15 is 0 Å². The molecule has 0 aliphatic rings. The summed E-state index contributed by atoms with van der Waals surface area (Å²) in [5.74, 6) is 0.679. The fraction of sp³-hybridized carbons (Fsp3) is 0.417. The third-order valence-electron chi connectivity index (χ3n) is 2.20. The van der Waals surface area contributed by atoms with Crippen molar-refractivity contribution in [1.29, 1.82) is 0 Å². The molecule has 1 amide bonds. The summed E-state index contributed by atoms with van der Waals surface area (Å²) in [5, 5.41) is 11.5. The number of carboxylic acids is 1. The third kappa shape index (κ3) is 4.75. The smallest absolute Gasteiger partial charge is 0.354 e. The first-order valence-corrected chi connectivity index (χ1v) is 6.86. The maximum atomic E-state index is 11.7. The van der Waals surface area contributed by atoms with E-state index < -0.39 is 5.97 Å². The van der Waals surface area contributed by atoms with E-state index in [0.717, 1.165) is 17.9 Å². The van der Waals surface area contributed by atoms with E-state index in [1.165, 1.54) is 18.3 Å². The fourth-order valence-electron chi connectivity index (χ4n) is 1.31. The van der Waals surface area contributed by atoms with Gasteiger partial charge < -0.3 is 10.4 Å². The van der Waals surface area contributed by atoms with E-state index in [2.05, 4.69) is 17.2 Å². The molecule has 0 unspecified atom stereocenters. The zero-order valence-electron chi connectivity index (χ0n) is 10.2. The number of thioether (sulfide) groups is 1. The Bertz CT molecular complexity index is 424. The molecule has 1 aromatic rings. The summed E-state index contributed by atoms with van der Waals surface area (Å²) in [6.07, 6.45) is 2.23. The summed E-state index contributed by atoms with van der Waals surface area (Å²) in [4.78, 5) is 26.1. The number of carbonyl (C=O) groups is 2. The lowest BCUT2D eigenvalue weighted by atomic mass is 10.2. The number of pyridine rings is 1. The lowest BCUT2D eigenvalue weighted by molar-refractivity contribution is 0.0690. The molecule has 5 nitrogen and oxygen atoms in total. The lowest BCUT2D eigenvalue weighted by Gasteiger charge is -2.05. The van der Waals surface area contributed by atoms with Gasteiger partial charge in [0.05, 0.1) is 0 Å². The van der Waals surface area contributed by atoms with Gasteiger partial charge in [0.15, 0.2) is 0 Å². The Morgan fingerprint density at radius 1 is 1.50 bits per heavy atom. The second-order valence-corrected chi connectivity index (χ2v) is 4.94. The van der Waals surface area contributed by atoms with Crippen molar-refractivity contribution < 1.29 is 14.7 Å². The van der Waals surface area contributed by atoms with Gasteiger partial charge in [0.1, 0.15) is 5.69 Å². The molecule has 0 fully saturated rings. The van der Waals surface area contributed by atoms with E-state index in [9.17, 15) is 9.59 Å². The Hall–Kier alpha value is -1.56. The Labute approximate surface area is 110 Å². The predicted octanol–water partition coefficient (Wildman–Crippen LogP) is 1.65. The molecular formula is C12H16N2O3S. The van der Waals surface area contributed by atoms with Crippen LogP contribution in [0.3, 0.4) is 0 Å². The van der Waals surface area contributed by atoms with Crippen LogP contribution >= 0.6 is 11.8 Å². The van der Waals surface area contributed by atoms with Crippen LogP contribution in [0.15, 0.2) is 18.3 Å². The van der Waals surface area contributed by atoms with Crippen molar-refractivity contribution in [1.82, 2.24) is 10.3 Å². The number of carbonyl (C=O) groups excluding carboxylic acids is 1. The van der Waals surface area contributed by atoms with Crippen molar-refractivity contribution in [2.24, 2.45) is 0 Å². The maximum absolute atomic E-state index is 11.7. The minimum absolute atomic E-state index is 0.121. The average molecular weight is 268 g/mol. The number of amides is 1. The van der Waals surface area contributed by atoms with Gasteiger partial charge in [-0.2, -0.15) is 11.8 Å². The molecule has 0 aromatic carbocycles. The predicted molar refractivity (Wildman–Crippen MR) is 71.1 cm³/mol. The number of hydrogen-bond acceptors (Lipinski definition) is 4. The Morgan fingerprint density at radius 3 is 2.94 bits per heavy atom. The van der Waals surface area contributed by atoms with Crippen LogP contribution in [0.1, 0.15) is 34.2 Å². The average Bonchev–Trinajstić information content (AvgIpc) is 2.38. The molecule has 1 aromatic heterocycles. The van der Waals surface area contributed by atoms with Crippen LogP contribution in [-0.4, -0.2) is 40.0 Å². The summed E-state index contributed by atoms with van der Waals surface area (Å²) in [6.45, 7) is 2.68. The molecule has 18 heavy (non-hydrogen) atoms. The van der Waals surface area contributed by atoms with Crippen LogP contribution in [0.25, 0.3) is 0 Å². The quantitative estimate of drug-likeness (QED) is 0.735. The van der Waals surface area contributed by atoms with Gasteiger partial charge in [-0.3, -0.25) is 4.79 Å². The van der Waals surface area contributed by atoms with Crippen molar-refractivity contribution in [2.75, 3.05) is 18.1 Å². The molecule has 0 radical (unpaired) electrons. The number of nitrogens with one attached hydrogen (secondary N) is 1. The molecule has 0 bridgehead atoms. The van der Waals surface area contributed by atoms with E-state index in [-0.39, 0.29) is 11.6 Å². The number of aromatic nitrogens is 1. The van der Waals surface area contributed by atoms with Gasteiger partial charge in [-0.15, -0.1) is 0 Å². The SMILES string of the molecule is CCSCCCNC(=O)c1ccnc(C(=O)O)c1. The summed E-state index contributed by atoms with van der Waals surface area (Å²) in [6, 6.07) is 2.78. The highest BCUT2D eigenvalue weighted by Gasteiger charge is 2.09. The molecule has 0 aliphatic carbocycles. The Kier molecular flexibility index (Phi) is 6.21. The molecule has 6 heteroatoms. The van der Waals surface area contributed by atoms with Crippen molar-refractivity contribution in [3.63, 3.8) is 0 Å². The van der Waals surface area contributed by atoms with E-state index in [1.807, 2.05) is 11.8 Å². The summed E-state index contributed by atoms with van der Waals surface area (Å²) in [7, 11) is 0. The monoisotopic (exact) mass is 268 g/mol. The van der Waals surface area contributed by atoms with Crippen LogP contribution in [0, 0.1) is 0 Å². The second kappa shape index (κ2) is 7.71. The van der Waals surface area contributed by atoms with E-state index in [1.54, 1.807) is 0 Å². The number of hydrogen-bond donors (Lipinski definition) is 2. The summed E-state index contributed by atoms with van der Waals surface area (Å²) in [5.41, 5.74) is 0.203. The van der Waals surface area contributed by atoms with Crippen LogP contribution in [0.2, 0.25) is 0 Å². The molecule has 98 valence electrons. The third-order valence-corrected chi connectivity index (χ3v) is 3.18. The molecule has 1 heterocycles. The molecule has 0 spiro atoms. The van der Waals surface area contributed by atoms with Gasteiger partial charge in [-0.25, -0.2) is 9.78 Å². The second-order valence-electron chi connectivity index (χ2n) is 3.54. The number of rotatable bonds is 7. The summed E-state index contributed by atoms with van der Waals surface area (Å²) >= 11 is 1.82. The van der Waals surface area contributed by atoms with E-state index in [0.29, 0.717) is 12.1 Å². The van der Waals surface area contributed by atoms with Gasteiger partial charge in [0, 0.05) is 18.3 Å². The van der Waals surface area contributed by atoms with Gasteiger partial charge in [-0.1, -0.05) is 6.92 Å². The molecular weight excluding hydrogens is 252 g/mol. The largest absolute Gasteiger partial charge is 0.477 e. The van der Waals surface area contributed by atoms with Crippen LogP contribution in [0.5, 0.6) is 0 Å². The molecule has 0 saturated carbocycles. The van der Waals surface area contributed by atoms with Crippen molar-refractivity contribution in [2.45, 2.75) is 13.3 Å². The van der Waals surface area contributed by atoms with E-state index in [4.69, 9.17) is 5.11 Å². The van der Waals surface area contributed by atoms with Crippen LogP contribution in [-0.2, 0) is 0 Å². The normalized spacial score (nSPS) is 10.1. The Balaban J connectivity index is 2.46. The molecule has 1 rings (SSSR count). The number of carboxylic acid groups (broad SMARTS) is 1. The highest BCUT2D eigenvalue weighted by molar-refractivity contribution is 7.99. The highest BCUT2D eigenvalue weighted by atomic mass is 32.2. The lowest BCUT2D eigenvalue weighted by Crippen LogP contribution is -2.25. The zero-order valence-corrected chi connectivity index (χ0v) is 11.0. The van der Waals surface area contributed by atoms with Crippen LogP contribution in [0.4, 0.5) is 0 Å². The number of nitrogens with zero attached hydrogens (tertiary/aromatic N) is 1. The minimum Gasteiger partial charge on any atom is -0.477 e. The number of aromatic carboxylic acids is 1. The zero-order chi connectivity index (χ0) is 13.4. The van der Waals surface area contributed by atoms with Crippen molar-refractivity contribution in [3.05, 3.63) is 29.6 Å². The molecule has 0 aliphatic heterocycles. The molecule has 2 N–H and O–H groups in total. The Morgan fingerprint density at radius 2 is 2.28 bits per heavy atom. The summed E-state index contributed by atoms with van der Waals surface area (Å²) < 4.78 is 0. The van der Waals surface area contributed by atoms with Gasteiger partial charge in [0.2, 0.25) is 0 Å². The molecule has 0 atom stereocenters. The minimum atomic E-state index is -1.14. The van der Waals surface area contributed by atoms with Gasteiger partial charge in [-0.05, 0) is 30.1 Å². The first-order chi connectivity index (χ1) is 8.65. The maximum Gasteiger partial charge on any atom is 0.354 e. The molecule has 0 saturated heterocycles. The standard InChI is InChI=1S/C12H16N2O3S/c1-2-18-7-3-5-14-11(15)9-4-6-13-10(8-9)12(16)17/h4,6,8H,2-3,5,7H2,1H3,(H,14,15)(H,16,17). The fourth-order valence-corrected chi connectivity index (χ4v) is 1.95. The first kappa shape index (κ1) is 14.5. The topological polar surface area (TPSA) is 79.3 Å².